The van der Waals surface area contributed by atoms with Gasteiger partial charge in [0.1, 0.15) is 12.3 Å². The smallest absolute Gasteiger partial charge is 0.268 e. The number of benzene rings is 3. The van der Waals surface area contributed by atoms with Crippen LogP contribution in [-0.4, -0.2) is 30.1 Å². The zero-order valence-electron chi connectivity index (χ0n) is 16.5. The first-order chi connectivity index (χ1) is 14.5. The first-order valence-corrected chi connectivity index (χ1v) is 9.76. The standard InChI is InChI=1S/C24H22N2O4/c1-2-30-19-14-12-18(13-15-19)25-22(27)16-26-21-11-7-6-10-20(21)24(29,23(26)28)17-8-4-3-5-9-17/h3-15,29H,2,16H2,1H3,(H,25,27)/t24-/m1/s1. The highest BCUT2D eigenvalue weighted by atomic mass is 16.5. The molecule has 1 aliphatic rings. The van der Waals surface area contributed by atoms with Crippen LogP contribution in [0.1, 0.15) is 18.1 Å². The summed E-state index contributed by atoms with van der Waals surface area (Å²) in [7, 11) is 0. The molecule has 0 bridgehead atoms. The normalized spacial score (nSPS) is 17.5. The van der Waals surface area contributed by atoms with E-state index in [1.807, 2.05) is 13.0 Å². The fraction of sp³-hybridized carbons (Fsp3) is 0.167. The summed E-state index contributed by atoms with van der Waals surface area (Å²) in [6, 6.07) is 22.8. The predicted octanol–water partition coefficient (Wildman–Crippen LogP) is 3.31. The van der Waals surface area contributed by atoms with Gasteiger partial charge in [0.15, 0.2) is 5.60 Å². The quantitative estimate of drug-likeness (QED) is 0.663. The Kier molecular flexibility index (Phi) is 5.25. The minimum Gasteiger partial charge on any atom is -0.494 e. The largest absolute Gasteiger partial charge is 0.494 e. The number of amides is 2. The van der Waals surface area contributed by atoms with E-state index in [1.165, 1.54) is 4.90 Å². The van der Waals surface area contributed by atoms with Gasteiger partial charge < -0.3 is 15.2 Å². The maximum absolute atomic E-state index is 13.3. The van der Waals surface area contributed by atoms with Gasteiger partial charge in [-0.15, -0.1) is 0 Å². The van der Waals surface area contributed by atoms with Gasteiger partial charge in [-0.1, -0.05) is 48.5 Å². The van der Waals surface area contributed by atoms with E-state index in [1.54, 1.807) is 72.8 Å². The zero-order valence-corrected chi connectivity index (χ0v) is 16.5. The molecule has 0 aliphatic carbocycles. The van der Waals surface area contributed by atoms with Gasteiger partial charge in [0, 0.05) is 11.3 Å². The predicted molar refractivity (Wildman–Crippen MR) is 114 cm³/mol. The Bertz CT molecular complexity index is 1070. The summed E-state index contributed by atoms with van der Waals surface area (Å²) in [6.07, 6.45) is 0. The SMILES string of the molecule is CCOc1ccc(NC(=O)CN2C(=O)[C@@](O)(c3ccccc3)c3ccccc32)cc1. The average Bonchev–Trinajstić information content (AvgIpc) is 2.99. The van der Waals surface area contributed by atoms with Crippen molar-refractivity contribution in [3.63, 3.8) is 0 Å². The molecule has 1 aliphatic heterocycles. The Morgan fingerprint density at radius 3 is 2.37 bits per heavy atom. The molecule has 0 saturated heterocycles. The molecule has 152 valence electrons. The maximum Gasteiger partial charge on any atom is 0.268 e. The van der Waals surface area contributed by atoms with Crippen LogP contribution in [0.3, 0.4) is 0 Å². The van der Waals surface area contributed by atoms with Crippen molar-refractivity contribution >= 4 is 23.2 Å². The molecule has 6 nitrogen and oxygen atoms in total. The number of nitrogens with zero attached hydrogens (tertiary/aromatic N) is 1. The highest BCUT2D eigenvalue weighted by molar-refractivity contribution is 6.12. The van der Waals surface area contributed by atoms with E-state index in [0.717, 1.165) is 0 Å². The minimum absolute atomic E-state index is 0.210. The molecule has 0 fully saturated rings. The molecule has 2 amide bonds. The van der Waals surface area contributed by atoms with Crippen molar-refractivity contribution in [2.24, 2.45) is 0 Å². The number of nitrogens with one attached hydrogen (secondary N) is 1. The summed E-state index contributed by atoms with van der Waals surface area (Å²) in [5.74, 6) is -0.191. The van der Waals surface area contributed by atoms with Gasteiger partial charge in [-0.3, -0.25) is 14.5 Å². The van der Waals surface area contributed by atoms with Crippen LogP contribution in [0.25, 0.3) is 0 Å². The number of anilines is 2. The van der Waals surface area contributed by atoms with E-state index in [-0.39, 0.29) is 12.5 Å². The molecule has 0 unspecified atom stereocenters. The number of hydrogen-bond donors (Lipinski definition) is 2. The van der Waals surface area contributed by atoms with E-state index < -0.39 is 11.5 Å². The molecule has 3 aromatic rings. The molecule has 2 N–H and O–H groups in total. The Hall–Kier alpha value is -3.64. The number of fused-ring (bicyclic) bond motifs is 1. The van der Waals surface area contributed by atoms with Gasteiger partial charge >= 0.3 is 0 Å². The Morgan fingerprint density at radius 2 is 1.67 bits per heavy atom. The van der Waals surface area contributed by atoms with Crippen molar-refractivity contribution in [1.29, 1.82) is 0 Å². The zero-order chi connectivity index (χ0) is 21.1. The second kappa shape index (κ2) is 8.00. The van der Waals surface area contributed by atoms with E-state index >= 15 is 0 Å². The third-order valence-corrected chi connectivity index (χ3v) is 5.08. The van der Waals surface area contributed by atoms with E-state index in [0.29, 0.717) is 34.9 Å². The summed E-state index contributed by atoms with van der Waals surface area (Å²) in [4.78, 5) is 27.3. The first-order valence-electron chi connectivity index (χ1n) is 9.76. The van der Waals surface area contributed by atoms with Gasteiger partial charge in [0.05, 0.1) is 12.3 Å². The molecule has 4 rings (SSSR count). The number of rotatable bonds is 6. The average molecular weight is 402 g/mol. The van der Waals surface area contributed by atoms with Crippen LogP contribution in [-0.2, 0) is 15.2 Å². The number of carbonyl (C=O) groups excluding carboxylic acids is 2. The molecule has 6 heteroatoms. The number of aliphatic hydroxyl groups is 1. The minimum atomic E-state index is -1.82. The van der Waals surface area contributed by atoms with Crippen LogP contribution in [0.15, 0.2) is 78.9 Å². The highest BCUT2D eigenvalue weighted by Crippen LogP contribution is 2.44. The fourth-order valence-electron chi connectivity index (χ4n) is 3.70. The summed E-state index contributed by atoms with van der Waals surface area (Å²) >= 11 is 0. The Morgan fingerprint density at radius 1 is 1.00 bits per heavy atom. The maximum atomic E-state index is 13.3. The van der Waals surface area contributed by atoms with Crippen LogP contribution < -0.4 is 15.0 Å². The van der Waals surface area contributed by atoms with Gasteiger partial charge in [-0.25, -0.2) is 0 Å². The van der Waals surface area contributed by atoms with Crippen molar-refractivity contribution in [3.05, 3.63) is 90.0 Å². The molecular formula is C24H22N2O4. The molecule has 0 aromatic heterocycles. The molecule has 1 heterocycles. The fourth-order valence-corrected chi connectivity index (χ4v) is 3.70. The molecule has 3 aromatic carbocycles. The van der Waals surface area contributed by atoms with E-state index in [2.05, 4.69) is 5.32 Å². The number of ether oxygens (including phenoxy) is 1. The van der Waals surface area contributed by atoms with Crippen molar-refractivity contribution < 1.29 is 19.4 Å². The monoisotopic (exact) mass is 402 g/mol. The number of hydrogen-bond acceptors (Lipinski definition) is 4. The van der Waals surface area contributed by atoms with E-state index in [4.69, 9.17) is 4.74 Å². The van der Waals surface area contributed by atoms with Gasteiger partial charge in [-0.2, -0.15) is 0 Å². The Balaban J connectivity index is 1.57. The van der Waals surface area contributed by atoms with Gasteiger partial charge in [0.25, 0.3) is 5.91 Å². The van der Waals surface area contributed by atoms with Gasteiger partial charge in [0.2, 0.25) is 5.91 Å². The first kappa shape index (κ1) is 19.7. The molecule has 0 radical (unpaired) electrons. The van der Waals surface area contributed by atoms with E-state index in [9.17, 15) is 14.7 Å². The van der Waals surface area contributed by atoms with Crippen LogP contribution in [0, 0.1) is 0 Å². The van der Waals surface area contributed by atoms with Crippen molar-refractivity contribution in [2.75, 3.05) is 23.4 Å². The lowest BCUT2D eigenvalue weighted by Crippen LogP contribution is -2.44. The lowest BCUT2D eigenvalue weighted by Gasteiger charge is -2.23. The number of para-hydroxylation sites is 1. The molecule has 1 atom stereocenters. The van der Waals surface area contributed by atoms with Crippen molar-refractivity contribution in [1.82, 2.24) is 0 Å². The third-order valence-electron chi connectivity index (χ3n) is 5.08. The van der Waals surface area contributed by atoms with Crippen LogP contribution in [0.4, 0.5) is 11.4 Å². The van der Waals surface area contributed by atoms with Crippen molar-refractivity contribution in [2.45, 2.75) is 12.5 Å². The summed E-state index contributed by atoms with van der Waals surface area (Å²) in [6.45, 7) is 2.25. The summed E-state index contributed by atoms with van der Waals surface area (Å²) in [5, 5.41) is 14.2. The van der Waals surface area contributed by atoms with Crippen LogP contribution >= 0.6 is 0 Å². The highest BCUT2D eigenvalue weighted by Gasteiger charge is 2.51. The second-order valence-electron chi connectivity index (χ2n) is 6.99. The lowest BCUT2D eigenvalue weighted by molar-refractivity contribution is -0.133. The molecule has 0 saturated carbocycles. The molecule has 30 heavy (non-hydrogen) atoms. The van der Waals surface area contributed by atoms with Gasteiger partial charge in [-0.05, 0) is 42.8 Å². The van der Waals surface area contributed by atoms with Crippen LogP contribution in [0.2, 0.25) is 0 Å². The molecular weight excluding hydrogens is 380 g/mol. The molecule has 0 spiro atoms. The Labute approximate surface area is 174 Å². The lowest BCUT2D eigenvalue weighted by atomic mass is 9.88. The second-order valence-corrected chi connectivity index (χ2v) is 6.99. The topological polar surface area (TPSA) is 78.9 Å². The van der Waals surface area contributed by atoms with Crippen LogP contribution in [0.5, 0.6) is 5.75 Å². The third kappa shape index (κ3) is 3.42. The van der Waals surface area contributed by atoms with Crippen molar-refractivity contribution in [3.8, 4) is 5.75 Å². The summed E-state index contributed by atoms with van der Waals surface area (Å²) < 4.78 is 5.40. The summed E-state index contributed by atoms with van der Waals surface area (Å²) in [5.41, 5.74) is 0.237. The number of carbonyl (C=O) groups is 2.